The van der Waals surface area contributed by atoms with Gasteiger partial charge in [0.2, 0.25) is 5.78 Å². The number of carbonyl (C=O) groups is 1. The van der Waals surface area contributed by atoms with Gasteiger partial charge in [-0.2, -0.15) is 22.0 Å². The maximum absolute atomic E-state index is 12.7. The minimum atomic E-state index is -5.89. The van der Waals surface area contributed by atoms with Crippen LogP contribution in [0.2, 0.25) is 0 Å². The van der Waals surface area contributed by atoms with Gasteiger partial charge in [-0.15, -0.1) is 0 Å². The Morgan fingerprint density at radius 2 is 1.53 bits per heavy atom. The molecule has 0 aliphatic heterocycles. The molecule has 0 aliphatic rings. The van der Waals surface area contributed by atoms with Gasteiger partial charge in [-0.3, -0.25) is 4.79 Å². The molecule has 92 valence electrons. The van der Waals surface area contributed by atoms with Gasteiger partial charge in [0.1, 0.15) is 0 Å². The molecule has 0 N–H and O–H groups in total. The molecule has 0 amide bonds. The predicted octanol–water partition coefficient (Wildman–Crippen LogP) is 3.71. The SMILES string of the molecule is C=Cc1ccc(C(=O)C(F)(F)C(F)(F)F)cc1. The molecule has 0 aromatic heterocycles. The second kappa shape index (κ2) is 4.27. The Morgan fingerprint density at radius 3 is 1.88 bits per heavy atom. The molecule has 0 radical (unpaired) electrons. The maximum Gasteiger partial charge on any atom is 0.461 e. The highest BCUT2D eigenvalue weighted by Gasteiger charge is 2.63. The zero-order valence-corrected chi connectivity index (χ0v) is 8.39. The lowest BCUT2D eigenvalue weighted by Crippen LogP contribution is -2.44. The van der Waals surface area contributed by atoms with Gasteiger partial charge in [0, 0.05) is 5.56 Å². The van der Waals surface area contributed by atoms with Gasteiger partial charge < -0.3 is 0 Å². The lowest BCUT2D eigenvalue weighted by molar-refractivity contribution is -0.255. The monoisotopic (exact) mass is 250 g/mol. The third-order valence-electron chi connectivity index (χ3n) is 2.05. The van der Waals surface area contributed by atoms with Crippen LogP contribution in [0.25, 0.3) is 6.08 Å². The first-order valence-electron chi connectivity index (χ1n) is 4.42. The van der Waals surface area contributed by atoms with Crippen LogP contribution in [0.1, 0.15) is 15.9 Å². The van der Waals surface area contributed by atoms with Crippen molar-refractivity contribution in [2.45, 2.75) is 12.1 Å². The van der Waals surface area contributed by atoms with Gasteiger partial charge >= 0.3 is 12.1 Å². The van der Waals surface area contributed by atoms with Crippen LogP contribution in [0.3, 0.4) is 0 Å². The van der Waals surface area contributed by atoms with E-state index in [1.807, 2.05) is 0 Å². The van der Waals surface area contributed by atoms with Crippen LogP contribution in [0, 0.1) is 0 Å². The summed E-state index contributed by atoms with van der Waals surface area (Å²) in [4.78, 5) is 11.0. The Labute approximate surface area is 93.6 Å². The molecule has 0 atom stereocenters. The predicted molar refractivity (Wildman–Crippen MR) is 51.9 cm³/mol. The number of carbonyl (C=O) groups excluding carboxylic acids is 1. The first-order chi connectivity index (χ1) is 7.70. The van der Waals surface area contributed by atoms with Gasteiger partial charge in [0.15, 0.2) is 0 Å². The molecule has 1 aromatic rings. The van der Waals surface area contributed by atoms with E-state index in [2.05, 4.69) is 6.58 Å². The molecular weight excluding hydrogens is 243 g/mol. The summed E-state index contributed by atoms with van der Waals surface area (Å²) in [5.41, 5.74) is -0.185. The first kappa shape index (κ1) is 13.3. The molecule has 6 heteroatoms. The van der Waals surface area contributed by atoms with Gasteiger partial charge in [-0.05, 0) is 5.56 Å². The minimum Gasteiger partial charge on any atom is -0.287 e. The third-order valence-corrected chi connectivity index (χ3v) is 2.05. The van der Waals surface area contributed by atoms with Gasteiger partial charge in [-0.25, -0.2) is 0 Å². The standard InChI is InChI=1S/C11H7F5O/c1-2-7-3-5-8(6-4-7)9(17)10(12,13)11(14,15)16/h2-6H,1H2. The van der Waals surface area contributed by atoms with Crippen molar-refractivity contribution in [1.82, 2.24) is 0 Å². The second-order valence-corrected chi connectivity index (χ2v) is 3.23. The molecule has 0 heterocycles. The van der Waals surface area contributed by atoms with Crippen molar-refractivity contribution in [3.05, 3.63) is 42.0 Å². The highest BCUT2D eigenvalue weighted by Crippen LogP contribution is 2.37. The van der Waals surface area contributed by atoms with E-state index < -0.39 is 23.4 Å². The fourth-order valence-corrected chi connectivity index (χ4v) is 1.08. The number of hydrogen-bond acceptors (Lipinski definition) is 1. The zero-order chi connectivity index (χ0) is 13.3. The van der Waals surface area contributed by atoms with Crippen molar-refractivity contribution in [1.29, 1.82) is 0 Å². The number of halogens is 5. The fourth-order valence-electron chi connectivity index (χ4n) is 1.08. The highest BCUT2D eigenvalue weighted by atomic mass is 19.4. The number of benzene rings is 1. The second-order valence-electron chi connectivity index (χ2n) is 3.23. The summed E-state index contributed by atoms with van der Waals surface area (Å²) in [6.07, 6.45) is -4.52. The zero-order valence-electron chi connectivity index (χ0n) is 8.39. The summed E-state index contributed by atoms with van der Waals surface area (Å²) in [6.45, 7) is 3.38. The average Bonchev–Trinajstić information content (AvgIpc) is 2.26. The lowest BCUT2D eigenvalue weighted by Gasteiger charge is -2.18. The number of Topliss-reactive ketones (excluding diaryl/α,β-unsaturated/α-hetero) is 1. The fraction of sp³-hybridized carbons (Fsp3) is 0.182. The summed E-state index contributed by atoms with van der Waals surface area (Å²) in [5, 5.41) is 0. The molecule has 0 unspecified atom stereocenters. The summed E-state index contributed by atoms with van der Waals surface area (Å²) < 4.78 is 61.2. The molecule has 0 bridgehead atoms. The highest BCUT2D eigenvalue weighted by molar-refractivity contribution is 6.02. The van der Waals surface area contributed by atoms with Crippen LogP contribution >= 0.6 is 0 Å². The summed E-state index contributed by atoms with van der Waals surface area (Å²) in [6, 6.07) is 4.26. The van der Waals surface area contributed by atoms with E-state index in [1.165, 1.54) is 18.2 Å². The quantitative estimate of drug-likeness (QED) is 0.590. The van der Waals surface area contributed by atoms with E-state index in [1.54, 1.807) is 0 Å². The third kappa shape index (κ3) is 2.51. The van der Waals surface area contributed by atoms with E-state index >= 15 is 0 Å². The van der Waals surface area contributed by atoms with Crippen molar-refractivity contribution in [3.8, 4) is 0 Å². The van der Waals surface area contributed by atoms with Crippen LogP contribution in [-0.2, 0) is 0 Å². The van der Waals surface area contributed by atoms with Crippen LogP contribution in [0.5, 0.6) is 0 Å². The van der Waals surface area contributed by atoms with Crippen molar-refractivity contribution in [2.75, 3.05) is 0 Å². The Bertz CT molecular complexity index is 430. The maximum atomic E-state index is 12.7. The molecule has 17 heavy (non-hydrogen) atoms. The van der Waals surface area contributed by atoms with Crippen LogP contribution in [0.4, 0.5) is 22.0 Å². The molecule has 0 aliphatic carbocycles. The van der Waals surface area contributed by atoms with Gasteiger partial charge in [0.05, 0.1) is 0 Å². The topological polar surface area (TPSA) is 17.1 Å². The number of alkyl halides is 5. The van der Waals surface area contributed by atoms with Crippen molar-refractivity contribution >= 4 is 11.9 Å². The smallest absolute Gasteiger partial charge is 0.287 e. The molecule has 0 fully saturated rings. The molecule has 1 aromatic carbocycles. The number of ketones is 1. The molecule has 1 nitrogen and oxygen atoms in total. The van der Waals surface area contributed by atoms with Crippen molar-refractivity contribution in [2.24, 2.45) is 0 Å². The Morgan fingerprint density at radius 1 is 1.06 bits per heavy atom. The van der Waals surface area contributed by atoms with Crippen LogP contribution in [0.15, 0.2) is 30.8 Å². The number of hydrogen-bond donors (Lipinski definition) is 0. The normalized spacial score (nSPS) is 12.3. The van der Waals surface area contributed by atoms with E-state index in [4.69, 9.17) is 0 Å². The van der Waals surface area contributed by atoms with Crippen LogP contribution < -0.4 is 0 Å². The first-order valence-corrected chi connectivity index (χ1v) is 4.42. The number of rotatable bonds is 3. The van der Waals surface area contributed by atoms with Crippen LogP contribution in [-0.4, -0.2) is 17.9 Å². The Balaban J connectivity index is 3.08. The molecule has 1 rings (SSSR count). The van der Waals surface area contributed by atoms with Gasteiger partial charge in [-0.1, -0.05) is 36.9 Å². The summed E-state index contributed by atoms with van der Waals surface area (Å²) in [7, 11) is 0. The molecular formula is C11H7F5O. The Kier molecular flexibility index (Phi) is 3.35. The molecule has 0 spiro atoms. The Hall–Kier alpha value is -1.72. The van der Waals surface area contributed by atoms with Crippen molar-refractivity contribution in [3.63, 3.8) is 0 Å². The van der Waals surface area contributed by atoms with E-state index in [0.29, 0.717) is 5.56 Å². The van der Waals surface area contributed by atoms with E-state index in [0.717, 1.165) is 12.1 Å². The summed E-state index contributed by atoms with van der Waals surface area (Å²) >= 11 is 0. The summed E-state index contributed by atoms with van der Waals surface area (Å²) in [5.74, 6) is -7.64. The average molecular weight is 250 g/mol. The molecule has 0 saturated heterocycles. The van der Waals surface area contributed by atoms with E-state index in [-0.39, 0.29) is 0 Å². The largest absolute Gasteiger partial charge is 0.461 e. The van der Waals surface area contributed by atoms with Gasteiger partial charge in [0.25, 0.3) is 0 Å². The lowest BCUT2D eigenvalue weighted by atomic mass is 10.0. The minimum absolute atomic E-state index is 0.511. The molecule has 0 saturated carbocycles. The van der Waals surface area contributed by atoms with E-state index in [9.17, 15) is 26.7 Å². The van der Waals surface area contributed by atoms with Crippen molar-refractivity contribution < 1.29 is 26.7 Å².